The fourth-order valence-electron chi connectivity index (χ4n) is 1.39. The number of hydrogen-bond donors (Lipinski definition) is 1. The van der Waals surface area contributed by atoms with Crippen LogP contribution in [0.5, 0.6) is 0 Å². The molecule has 1 aromatic heterocycles. The summed E-state index contributed by atoms with van der Waals surface area (Å²) in [6.07, 6.45) is 2.71. The zero-order valence-corrected chi connectivity index (χ0v) is 12.7. The van der Waals surface area contributed by atoms with Gasteiger partial charge in [0, 0.05) is 12.7 Å². The highest BCUT2D eigenvalue weighted by molar-refractivity contribution is 7.08. The van der Waals surface area contributed by atoms with E-state index < -0.39 is 11.7 Å². The third kappa shape index (κ3) is 5.00. The first-order valence-electron chi connectivity index (χ1n) is 6.08. The highest BCUT2D eigenvalue weighted by atomic mass is 32.1. The van der Waals surface area contributed by atoms with Crippen molar-refractivity contribution >= 4 is 23.3 Å². The Balaban J connectivity index is 2.81. The van der Waals surface area contributed by atoms with E-state index in [9.17, 15) is 4.79 Å². The van der Waals surface area contributed by atoms with Crippen LogP contribution in [0.3, 0.4) is 0 Å². The van der Waals surface area contributed by atoms with Crippen LogP contribution in [0.15, 0.2) is 30.1 Å². The van der Waals surface area contributed by atoms with Gasteiger partial charge < -0.3 is 9.94 Å². The molecule has 20 heavy (non-hydrogen) atoms. The van der Waals surface area contributed by atoms with Gasteiger partial charge >= 0.3 is 6.09 Å². The van der Waals surface area contributed by atoms with Crippen molar-refractivity contribution in [3.05, 3.63) is 29.8 Å². The summed E-state index contributed by atoms with van der Waals surface area (Å²) in [5, 5.41) is 12.3. The minimum absolute atomic E-state index is 0.125. The molecule has 7 heteroatoms. The molecule has 0 aromatic carbocycles. The summed E-state index contributed by atoms with van der Waals surface area (Å²) in [4.78, 5) is 14.2. The van der Waals surface area contributed by atoms with Crippen LogP contribution < -0.4 is 0 Å². The number of carbonyl (C=O) groups excluding carboxylic acids is 1. The molecule has 0 spiro atoms. The van der Waals surface area contributed by atoms with Crippen LogP contribution in [0.4, 0.5) is 4.79 Å². The summed E-state index contributed by atoms with van der Waals surface area (Å²) in [5.74, 6) is 0. The fraction of sp³-hybridized carbons (Fsp3) is 0.462. The Labute approximate surface area is 122 Å². The lowest BCUT2D eigenvalue weighted by atomic mass is 10.2. The van der Waals surface area contributed by atoms with Crippen molar-refractivity contribution in [2.45, 2.75) is 26.4 Å². The quantitative estimate of drug-likeness (QED) is 0.392. The molecule has 1 aromatic rings. The van der Waals surface area contributed by atoms with Crippen LogP contribution in [0, 0.1) is 0 Å². The van der Waals surface area contributed by atoms with Crippen LogP contribution >= 0.6 is 11.5 Å². The monoisotopic (exact) mass is 297 g/mol. The molecule has 0 saturated carbocycles. The molecule has 6 nitrogen and oxygen atoms in total. The molecule has 110 valence electrons. The maximum atomic E-state index is 12.1. The van der Waals surface area contributed by atoms with Crippen molar-refractivity contribution in [3.8, 4) is 0 Å². The lowest BCUT2D eigenvalue weighted by Crippen LogP contribution is -2.40. The number of oxime groups is 1. The summed E-state index contributed by atoms with van der Waals surface area (Å²) < 4.78 is 9.25. The van der Waals surface area contributed by atoms with E-state index >= 15 is 0 Å². The van der Waals surface area contributed by atoms with Gasteiger partial charge in [-0.05, 0) is 38.4 Å². The normalized spacial score (nSPS) is 12.1. The Kier molecular flexibility index (Phi) is 5.69. The van der Waals surface area contributed by atoms with Crippen molar-refractivity contribution in [1.82, 2.24) is 9.27 Å². The van der Waals surface area contributed by atoms with Gasteiger partial charge in [0.2, 0.25) is 0 Å². The van der Waals surface area contributed by atoms with Gasteiger partial charge in [0.15, 0.2) is 0 Å². The second-order valence-electron chi connectivity index (χ2n) is 5.07. The predicted octanol–water partition coefficient (Wildman–Crippen LogP) is 2.74. The number of aromatic nitrogens is 1. The molecular weight excluding hydrogens is 278 g/mol. The zero-order valence-electron chi connectivity index (χ0n) is 11.9. The molecule has 0 saturated heterocycles. The number of carbonyl (C=O) groups is 1. The average Bonchev–Trinajstić information content (AvgIpc) is 2.85. The van der Waals surface area contributed by atoms with Crippen molar-refractivity contribution in [2.75, 3.05) is 13.1 Å². The first kappa shape index (κ1) is 16.2. The van der Waals surface area contributed by atoms with Crippen molar-refractivity contribution in [2.24, 2.45) is 5.16 Å². The van der Waals surface area contributed by atoms with E-state index in [0.717, 1.165) is 0 Å². The molecule has 0 aliphatic heterocycles. The van der Waals surface area contributed by atoms with E-state index in [-0.39, 0.29) is 6.54 Å². The Morgan fingerprint density at radius 1 is 1.65 bits per heavy atom. The molecule has 0 radical (unpaired) electrons. The second-order valence-corrected chi connectivity index (χ2v) is 5.91. The number of amides is 1. The third-order valence-corrected chi connectivity index (χ3v) is 2.98. The topological polar surface area (TPSA) is 75.0 Å². The van der Waals surface area contributed by atoms with Gasteiger partial charge in [-0.3, -0.25) is 4.90 Å². The molecule has 1 N–H and O–H groups in total. The smallest absolute Gasteiger partial charge is 0.410 e. The molecule has 1 amide bonds. The van der Waals surface area contributed by atoms with Gasteiger partial charge in [-0.25, -0.2) is 9.17 Å². The van der Waals surface area contributed by atoms with Gasteiger partial charge in [0.25, 0.3) is 0 Å². The van der Waals surface area contributed by atoms with Gasteiger partial charge in [-0.1, -0.05) is 11.2 Å². The highest BCUT2D eigenvalue weighted by Gasteiger charge is 2.23. The van der Waals surface area contributed by atoms with Gasteiger partial charge in [0.1, 0.15) is 11.3 Å². The molecule has 0 aliphatic rings. The Bertz CT molecular complexity index is 478. The minimum Gasteiger partial charge on any atom is -0.444 e. The van der Waals surface area contributed by atoms with E-state index in [0.29, 0.717) is 17.1 Å². The van der Waals surface area contributed by atoms with E-state index in [2.05, 4.69) is 16.1 Å². The van der Waals surface area contributed by atoms with E-state index in [1.807, 2.05) is 0 Å². The summed E-state index contributed by atoms with van der Waals surface area (Å²) in [6, 6.07) is 1.72. The zero-order chi connectivity index (χ0) is 15.2. The van der Waals surface area contributed by atoms with Gasteiger partial charge in [-0.2, -0.15) is 0 Å². The predicted molar refractivity (Wildman–Crippen MR) is 78.4 cm³/mol. The minimum atomic E-state index is -0.586. The van der Waals surface area contributed by atoms with Crippen LogP contribution in [-0.4, -0.2) is 45.0 Å². The molecular formula is C13H19N3O3S. The molecule has 0 fully saturated rings. The first-order chi connectivity index (χ1) is 9.37. The lowest BCUT2D eigenvalue weighted by Gasteiger charge is -2.26. The summed E-state index contributed by atoms with van der Waals surface area (Å²) >= 11 is 1.20. The summed E-state index contributed by atoms with van der Waals surface area (Å²) in [5.41, 5.74) is -0.224. The van der Waals surface area contributed by atoms with Gasteiger partial charge in [0.05, 0.1) is 11.4 Å². The number of nitrogens with zero attached hydrogens (tertiary/aromatic N) is 3. The van der Waals surface area contributed by atoms with Crippen LogP contribution in [0.2, 0.25) is 0 Å². The molecule has 0 aliphatic carbocycles. The lowest BCUT2D eigenvalue weighted by molar-refractivity contribution is 0.0298. The SMILES string of the molecule is C=CCN(C/C(=N\O)c1ccns1)C(=O)OC(C)(C)C. The Morgan fingerprint density at radius 2 is 2.35 bits per heavy atom. The van der Waals surface area contributed by atoms with Crippen LogP contribution in [0.25, 0.3) is 0 Å². The fourth-order valence-corrected chi connectivity index (χ4v) is 1.96. The number of hydrogen-bond acceptors (Lipinski definition) is 6. The van der Waals surface area contributed by atoms with Crippen LogP contribution in [0.1, 0.15) is 25.6 Å². The standard InChI is InChI=1S/C13H19N3O3S/c1-5-8-16(12(17)19-13(2,3)4)9-10(15-18)11-6-7-14-20-11/h5-7,18H,1,8-9H2,2-4H3/b15-10+. The Morgan fingerprint density at radius 3 is 2.80 bits per heavy atom. The molecule has 0 bridgehead atoms. The number of ether oxygens (including phenoxy) is 1. The molecule has 1 heterocycles. The van der Waals surface area contributed by atoms with E-state index in [1.54, 1.807) is 39.1 Å². The van der Waals surface area contributed by atoms with Crippen molar-refractivity contribution in [3.63, 3.8) is 0 Å². The highest BCUT2D eigenvalue weighted by Crippen LogP contribution is 2.12. The third-order valence-electron chi connectivity index (χ3n) is 2.18. The molecule has 1 rings (SSSR count). The Hall–Kier alpha value is -1.89. The van der Waals surface area contributed by atoms with E-state index in [4.69, 9.17) is 9.94 Å². The van der Waals surface area contributed by atoms with E-state index in [1.165, 1.54) is 16.4 Å². The number of rotatable bonds is 5. The van der Waals surface area contributed by atoms with Gasteiger partial charge in [-0.15, -0.1) is 6.58 Å². The maximum absolute atomic E-state index is 12.1. The van der Waals surface area contributed by atoms with Crippen molar-refractivity contribution in [1.29, 1.82) is 0 Å². The average molecular weight is 297 g/mol. The largest absolute Gasteiger partial charge is 0.444 e. The second kappa shape index (κ2) is 7.04. The molecule has 0 unspecified atom stereocenters. The molecule has 0 atom stereocenters. The summed E-state index contributed by atoms with van der Waals surface area (Å²) in [7, 11) is 0. The summed E-state index contributed by atoms with van der Waals surface area (Å²) in [6.45, 7) is 9.42. The maximum Gasteiger partial charge on any atom is 0.410 e. The van der Waals surface area contributed by atoms with Crippen LogP contribution in [-0.2, 0) is 4.74 Å². The van der Waals surface area contributed by atoms with Crippen molar-refractivity contribution < 1.29 is 14.7 Å². The first-order valence-corrected chi connectivity index (χ1v) is 6.85.